The molecule has 0 spiro atoms. The van der Waals surface area contributed by atoms with Crippen LogP contribution in [0.15, 0.2) is 4.79 Å². The highest BCUT2D eigenvalue weighted by Gasteiger charge is 2.44. The molecule has 208 valence electrons. The predicted molar refractivity (Wildman–Crippen MR) is 140 cm³/mol. The maximum absolute atomic E-state index is 12.5. The fraction of sp³-hybridized carbons (Fsp3) is 0.769. The number of hydrogen-bond acceptors (Lipinski definition) is 8. The molecule has 1 aliphatic heterocycles. The molecule has 0 aromatic carbocycles. The second-order valence-corrected chi connectivity index (χ2v) is 10.0. The molecule has 2 aromatic heterocycles. The normalized spacial score (nSPS) is 21.6. The van der Waals surface area contributed by atoms with Crippen LogP contribution in [0.3, 0.4) is 0 Å². The molecule has 0 bridgehead atoms. The van der Waals surface area contributed by atoms with Gasteiger partial charge in [-0.2, -0.15) is 4.98 Å². The highest BCUT2D eigenvalue weighted by atomic mass is 16.6. The van der Waals surface area contributed by atoms with Crippen LogP contribution in [0.1, 0.15) is 109 Å². The van der Waals surface area contributed by atoms with Gasteiger partial charge in [0, 0.05) is 6.42 Å². The molecule has 0 radical (unpaired) electrons. The van der Waals surface area contributed by atoms with Crippen molar-refractivity contribution in [3.8, 4) is 0 Å². The van der Waals surface area contributed by atoms with Gasteiger partial charge in [0.25, 0.3) is 5.56 Å². The number of carbonyl (C=O) groups is 1. The summed E-state index contributed by atoms with van der Waals surface area (Å²) < 4.78 is 5.44. The first-order chi connectivity index (χ1) is 17.9. The Morgan fingerprint density at radius 1 is 0.892 bits per heavy atom. The van der Waals surface area contributed by atoms with Gasteiger partial charge in [0.05, 0.1) is 6.61 Å². The quantitative estimate of drug-likeness (QED) is 0.172. The molecule has 0 saturated carbocycles. The van der Waals surface area contributed by atoms with Crippen molar-refractivity contribution in [3.63, 3.8) is 0 Å². The fourth-order valence-electron chi connectivity index (χ4n) is 4.74. The van der Waals surface area contributed by atoms with Gasteiger partial charge in [0.2, 0.25) is 11.9 Å². The van der Waals surface area contributed by atoms with Crippen LogP contribution >= 0.6 is 0 Å². The predicted octanol–water partition coefficient (Wildman–Crippen LogP) is 3.22. The zero-order chi connectivity index (χ0) is 26.6. The third-order valence-electron chi connectivity index (χ3n) is 6.96. The summed E-state index contributed by atoms with van der Waals surface area (Å²) in [4.78, 5) is 38.4. The lowest BCUT2D eigenvalue weighted by molar-refractivity contribution is -0.116. The number of H-pyrrole nitrogens is 2. The molecule has 0 aliphatic carbocycles. The molecule has 6 N–H and O–H groups in total. The first-order valence-electron chi connectivity index (χ1n) is 13.9. The number of nitrogens with one attached hydrogen (secondary N) is 3. The molecule has 1 fully saturated rings. The first kappa shape index (κ1) is 29.2. The van der Waals surface area contributed by atoms with Crippen LogP contribution in [0.2, 0.25) is 0 Å². The van der Waals surface area contributed by atoms with Crippen LogP contribution in [0, 0.1) is 0 Å². The van der Waals surface area contributed by atoms with Crippen molar-refractivity contribution >= 4 is 23.0 Å². The van der Waals surface area contributed by atoms with Crippen molar-refractivity contribution in [2.45, 2.75) is 121 Å². The van der Waals surface area contributed by atoms with Gasteiger partial charge in [-0.15, -0.1) is 0 Å². The van der Waals surface area contributed by atoms with Crippen molar-refractivity contribution in [1.29, 1.82) is 0 Å². The Morgan fingerprint density at radius 3 is 2.05 bits per heavy atom. The zero-order valence-corrected chi connectivity index (χ0v) is 21.9. The number of imidazole rings is 1. The average molecular weight is 522 g/mol. The van der Waals surface area contributed by atoms with Crippen molar-refractivity contribution in [3.05, 3.63) is 16.2 Å². The summed E-state index contributed by atoms with van der Waals surface area (Å²) in [5, 5.41) is 32.0. The molecule has 37 heavy (non-hydrogen) atoms. The lowest BCUT2D eigenvalue weighted by Gasteiger charge is -2.11. The van der Waals surface area contributed by atoms with Gasteiger partial charge in [-0.25, -0.2) is 4.98 Å². The summed E-state index contributed by atoms with van der Waals surface area (Å²) in [7, 11) is 0. The zero-order valence-electron chi connectivity index (χ0n) is 21.9. The Labute approximate surface area is 217 Å². The van der Waals surface area contributed by atoms with Gasteiger partial charge in [0.15, 0.2) is 11.2 Å². The number of fused-ring (bicyclic) bond motifs is 1. The molecule has 3 rings (SSSR count). The Balaban J connectivity index is 1.36. The highest BCUT2D eigenvalue weighted by molar-refractivity contribution is 5.89. The molecular weight excluding hydrogens is 478 g/mol. The minimum absolute atomic E-state index is 0.00333. The largest absolute Gasteiger partial charge is 0.394 e. The van der Waals surface area contributed by atoms with E-state index in [0.717, 1.165) is 19.3 Å². The highest BCUT2D eigenvalue weighted by Crippen LogP contribution is 2.32. The molecule has 3 heterocycles. The van der Waals surface area contributed by atoms with E-state index in [0.29, 0.717) is 6.42 Å². The average Bonchev–Trinajstić information content (AvgIpc) is 3.43. The summed E-state index contributed by atoms with van der Waals surface area (Å²) in [6.45, 7) is 1.77. The lowest BCUT2D eigenvalue weighted by Crippen LogP contribution is -2.32. The number of anilines is 1. The van der Waals surface area contributed by atoms with Crippen LogP contribution in [-0.4, -0.2) is 66.1 Å². The number of ether oxygens (including phenoxy) is 1. The minimum Gasteiger partial charge on any atom is -0.394 e. The molecule has 11 heteroatoms. The number of aromatic amines is 2. The standard InChI is InChI=1S/C26H43N5O6/c1-2-3-4-5-6-7-8-9-10-11-12-13-14-15-18(33)27-26-30-23-19(25(36)31-26)28-24(29-23)22-21(35)20(34)17(16-32)37-22/h17,20-22,32,34-35H,2-16H2,1H3,(H3,27,28,29,30,31,33,36)/t17-,20-,21+,22?/m1/s1. The Bertz CT molecular complexity index is 1020. The summed E-state index contributed by atoms with van der Waals surface area (Å²) in [6.07, 6.45) is 11.7. The van der Waals surface area contributed by atoms with Crippen molar-refractivity contribution < 1.29 is 24.9 Å². The lowest BCUT2D eigenvalue weighted by atomic mass is 10.0. The number of hydrogen-bond donors (Lipinski definition) is 6. The SMILES string of the molecule is CCCCCCCCCCCCCCCC(=O)Nc1nc2nc(C3O[C@H](CO)[C@@H](O)[C@@H]3O)[nH]c2c(=O)[nH]1. The molecule has 1 unspecified atom stereocenters. The summed E-state index contributed by atoms with van der Waals surface area (Å²) in [6, 6.07) is 0. The monoisotopic (exact) mass is 521 g/mol. The number of aliphatic hydroxyl groups excluding tert-OH is 3. The van der Waals surface area contributed by atoms with Gasteiger partial charge >= 0.3 is 0 Å². The number of amides is 1. The van der Waals surface area contributed by atoms with Crippen LogP contribution in [0.25, 0.3) is 11.2 Å². The molecule has 1 amide bonds. The van der Waals surface area contributed by atoms with Crippen molar-refractivity contribution in [2.24, 2.45) is 0 Å². The van der Waals surface area contributed by atoms with Gasteiger partial charge in [-0.1, -0.05) is 84.0 Å². The third kappa shape index (κ3) is 8.59. The Hall–Kier alpha value is -2.34. The number of aromatic nitrogens is 4. The number of rotatable bonds is 17. The summed E-state index contributed by atoms with van der Waals surface area (Å²) in [5.41, 5.74) is -0.429. The summed E-state index contributed by atoms with van der Waals surface area (Å²) in [5.74, 6) is -0.132. The third-order valence-corrected chi connectivity index (χ3v) is 6.96. The van der Waals surface area contributed by atoms with E-state index < -0.39 is 36.6 Å². The molecular formula is C26H43N5O6. The smallest absolute Gasteiger partial charge is 0.278 e. The molecule has 1 saturated heterocycles. The van der Waals surface area contributed by atoms with Gasteiger partial charge in [0.1, 0.15) is 30.2 Å². The number of unbranched alkanes of at least 4 members (excludes halogenated alkanes) is 12. The van der Waals surface area contributed by atoms with E-state index >= 15 is 0 Å². The topological polar surface area (TPSA) is 173 Å². The first-order valence-corrected chi connectivity index (χ1v) is 13.9. The number of nitrogens with zero attached hydrogens (tertiary/aromatic N) is 2. The maximum atomic E-state index is 12.5. The fourth-order valence-corrected chi connectivity index (χ4v) is 4.74. The van der Waals surface area contributed by atoms with Gasteiger partial charge in [-0.3, -0.25) is 19.9 Å². The minimum atomic E-state index is -1.32. The van der Waals surface area contributed by atoms with Crippen LogP contribution < -0.4 is 10.9 Å². The summed E-state index contributed by atoms with van der Waals surface area (Å²) >= 11 is 0. The van der Waals surface area contributed by atoms with E-state index in [1.807, 2.05) is 0 Å². The van der Waals surface area contributed by atoms with Crippen LogP contribution in [0.4, 0.5) is 5.95 Å². The Kier molecular flexibility index (Phi) is 12.0. The van der Waals surface area contributed by atoms with Crippen molar-refractivity contribution in [1.82, 2.24) is 19.9 Å². The second-order valence-electron chi connectivity index (χ2n) is 10.0. The molecule has 2 aromatic rings. The van der Waals surface area contributed by atoms with E-state index in [9.17, 15) is 24.9 Å². The molecule has 1 aliphatic rings. The number of carbonyl (C=O) groups excluding carboxylic acids is 1. The maximum Gasteiger partial charge on any atom is 0.278 e. The van der Waals surface area contributed by atoms with Crippen LogP contribution in [0.5, 0.6) is 0 Å². The van der Waals surface area contributed by atoms with E-state index in [-0.39, 0.29) is 28.8 Å². The van der Waals surface area contributed by atoms with E-state index in [1.165, 1.54) is 64.2 Å². The Morgan fingerprint density at radius 2 is 1.49 bits per heavy atom. The van der Waals surface area contributed by atoms with Gasteiger partial charge < -0.3 is 25.0 Å². The van der Waals surface area contributed by atoms with E-state index in [1.54, 1.807) is 0 Å². The molecule has 11 nitrogen and oxygen atoms in total. The number of aliphatic hydroxyl groups is 3. The van der Waals surface area contributed by atoms with Crippen LogP contribution in [-0.2, 0) is 9.53 Å². The van der Waals surface area contributed by atoms with Gasteiger partial charge in [-0.05, 0) is 6.42 Å². The van der Waals surface area contributed by atoms with E-state index in [4.69, 9.17) is 4.74 Å². The van der Waals surface area contributed by atoms with E-state index in [2.05, 4.69) is 32.2 Å². The second kappa shape index (κ2) is 15.2. The van der Waals surface area contributed by atoms with Crippen molar-refractivity contribution in [2.75, 3.05) is 11.9 Å². The molecule has 4 atom stereocenters.